The molecule has 0 bridgehead atoms. The normalized spacial score (nSPS) is 13.4. The summed E-state index contributed by atoms with van der Waals surface area (Å²) in [6.07, 6.45) is 1.08. The summed E-state index contributed by atoms with van der Waals surface area (Å²) in [4.78, 5) is 11.3. The van der Waals surface area contributed by atoms with Crippen LogP contribution < -0.4 is 10.6 Å². The highest BCUT2D eigenvalue weighted by Crippen LogP contribution is 2.11. The summed E-state index contributed by atoms with van der Waals surface area (Å²) in [5, 5.41) is 4.74. The highest BCUT2D eigenvalue weighted by atomic mass is 19.4. The fourth-order valence-corrected chi connectivity index (χ4v) is 1.59. The van der Waals surface area contributed by atoms with Gasteiger partial charge in [-0.25, -0.2) is 0 Å². The molecular formula is C12H23F3N2O. The lowest BCUT2D eigenvalue weighted by Gasteiger charge is -2.14. The average molecular weight is 268 g/mol. The van der Waals surface area contributed by atoms with E-state index < -0.39 is 12.7 Å². The third-order valence-corrected chi connectivity index (χ3v) is 2.51. The van der Waals surface area contributed by atoms with Crippen LogP contribution >= 0.6 is 0 Å². The molecule has 0 aliphatic carbocycles. The van der Waals surface area contributed by atoms with Gasteiger partial charge in [-0.3, -0.25) is 4.79 Å². The molecule has 0 rings (SSSR count). The number of rotatable bonds is 9. The molecule has 0 aromatic rings. The Morgan fingerprint density at radius 2 is 1.89 bits per heavy atom. The summed E-state index contributed by atoms with van der Waals surface area (Å²) >= 11 is 0. The van der Waals surface area contributed by atoms with Gasteiger partial charge in [0.25, 0.3) is 0 Å². The number of hydrogen-bond donors (Lipinski definition) is 2. The maximum Gasteiger partial charge on any atom is 0.401 e. The lowest BCUT2D eigenvalue weighted by Crippen LogP contribution is -2.41. The van der Waals surface area contributed by atoms with Crippen LogP contribution in [0.4, 0.5) is 13.2 Å². The van der Waals surface area contributed by atoms with Crippen molar-refractivity contribution in [2.24, 2.45) is 0 Å². The van der Waals surface area contributed by atoms with E-state index in [9.17, 15) is 18.0 Å². The van der Waals surface area contributed by atoms with Gasteiger partial charge in [-0.1, -0.05) is 32.6 Å². The predicted molar refractivity (Wildman–Crippen MR) is 65.3 cm³/mol. The summed E-state index contributed by atoms with van der Waals surface area (Å²) in [5.41, 5.74) is 0. The number of hydrogen-bond acceptors (Lipinski definition) is 2. The van der Waals surface area contributed by atoms with Gasteiger partial charge >= 0.3 is 6.18 Å². The summed E-state index contributed by atoms with van der Waals surface area (Å²) in [6, 6.07) is 0.0158. The van der Waals surface area contributed by atoms with Crippen molar-refractivity contribution < 1.29 is 18.0 Å². The van der Waals surface area contributed by atoms with Crippen LogP contribution in [0.2, 0.25) is 0 Å². The predicted octanol–water partition coefficient (Wildman–Crippen LogP) is 2.61. The van der Waals surface area contributed by atoms with Gasteiger partial charge in [-0.15, -0.1) is 0 Å². The largest absolute Gasteiger partial charge is 0.401 e. The van der Waals surface area contributed by atoms with Crippen molar-refractivity contribution in [1.29, 1.82) is 0 Å². The van der Waals surface area contributed by atoms with E-state index >= 15 is 0 Å². The molecule has 1 unspecified atom stereocenters. The standard InChI is InChI=1S/C12H23F3N2O/c1-3-4-5-6-7-10(2)17-11(18)8-16-9-12(13,14)15/h10,16H,3-9H2,1-2H3,(H,17,18). The van der Waals surface area contributed by atoms with E-state index in [0.717, 1.165) is 25.7 Å². The van der Waals surface area contributed by atoms with E-state index in [1.54, 1.807) is 0 Å². The zero-order valence-electron chi connectivity index (χ0n) is 11.1. The lowest BCUT2D eigenvalue weighted by molar-refractivity contribution is -0.128. The van der Waals surface area contributed by atoms with Crippen LogP contribution in [0, 0.1) is 0 Å². The molecule has 2 N–H and O–H groups in total. The fourth-order valence-electron chi connectivity index (χ4n) is 1.59. The molecule has 6 heteroatoms. The van der Waals surface area contributed by atoms with Crippen LogP contribution in [0.3, 0.4) is 0 Å². The molecule has 0 aromatic carbocycles. The molecular weight excluding hydrogens is 245 g/mol. The van der Waals surface area contributed by atoms with Gasteiger partial charge in [0.05, 0.1) is 13.1 Å². The molecule has 0 saturated carbocycles. The van der Waals surface area contributed by atoms with Gasteiger partial charge in [-0.2, -0.15) is 13.2 Å². The molecule has 1 atom stereocenters. The molecule has 0 heterocycles. The fraction of sp³-hybridized carbons (Fsp3) is 0.917. The van der Waals surface area contributed by atoms with Crippen molar-refractivity contribution in [1.82, 2.24) is 10.6 Å². The average Bonchev–Trinajstić information content (AvgIpc) is 2.22. The van der Waals surface area contributed by atoms with Crippen molar-refractivity contribution in [3.63, 3.8) is 0 Å². The second-order valence-electron chi connectivity index (χ2n) is 4.54. The lowest BCUT2D eigenvalue weighted by atomic mass is 10.1. The Hall–Kier alpha value is -0.780. The van der Waals surface area contributed by atoms with Gasteiger partial charge in [-0.05, 0) is 13.3 Å². The summed E-state index contributed by atoms with van der Waals surface area (Å²) < 4.78 is 35.4. The van der Waals surface area contributed by atoms with Gasteiger partial charge in [0.2, 0.25) is 5.91 Å². The van der Waals surface area contributed by atoms with Crippen LogP contribution in [-0.4, -0.2) is 31.2 Å². The van der Waals surface area contributed by atoms with Gasteiger partial charge in [0.15, 0.2) is 0 Å². The zero-order chi connectivity index (χ0) is 14.0. The minimum atomic E-state index is -4.27. The Bertz CT molecular complexity index is 232. The molecule has 0 aliphatic rings. The van der Waals surface area contributed by atoms with Crippen molar-refractivity contribution in [2.45, 2.75) is 58.2 Å². The Kier molecular flexibility index (Phi) is 8.79. The minimum Gasteiger partial charge on any atom is -0.353 e. The third kappa shape index (κ3) is 11.7. The molecule has 108 valence electrons. The molecule has 0 fully saturated rings. The molecule has 18 heavy (non-hydrogen) atoms. The molecule has 0 spiro atoms. The van der Waals surface area contributed by atoms with E-state index in [0.29, 0.717) is 0 Å². The van der Waals surface area contributed by atoms with Crippen LogP contribution in [0.5, 0.6) is 0 Å². The monoisotopic (exact) mass is 268 g/mol. The topological polar surface area (TPSA) is 41.1 Å². The summed E-state index contributed by atoms with van der Waals surface area (Å²) in [7, 11) is 0. The second kappa shape index (κ2) is 9.19. The number of carbonyl (C=O) groups is 1. The van der Waals surface area contributed by atoms with E-state index in [4.69, 9.17) is 0 Å². The van der Waals surface area contributed by atoms with Gasteiger partial charge in [0.1, 0.15) is 0 Å². The number of halogens is 3. The quantitative estimate of drug-likeness (QED) is 0.631. The van der Waals surface area contributed by atoms with Gasteiger partial charge in [0, 0.05) is 6.04 Å². The maximum absolute atomic E-state index is 11.8. The van der Waals surface area contributed by atoms with E-state index in [-0.39, 0.29) is 18.5 Å². The number of amides is 1. The van der Waals surface area contributed by atoms with Gasteiger partial charge < -0.3 is 10.6 Å². The first-order chi connectivity index (χ1) is 8.35. The smallest absolute Gasteiger partial charge is 0.353 e. The van der Waals surface area contributed by atoms with Crippen molar-refractivity contribution in [3.05, 3.63) is 0 Å². The van der Waals surface area contributed by atoms with E-state index in [2.05, 4.69) is 17.6 Å². The Morgan fingerprint density at radius 3 is 2.44 bits per heavy atom. The molecule has 1 amide bonds. The van der Waals surface area contributed by atoms with Crippen molar-refractivity contribution >= 4 is 5.91 Å². The number of unbranched alkanes of at least 4 members (excludes halogenated alkanes) is 3. The number of carbonyl (C=O) groups excluding carboxylic acids is 1. The highest BCUT2D eigenvalue weighted by molar-refractivity contribution is 5.78. The zero-order valence-corrected chi connectivity index (χ0v) is 11.1. The molecule has 3 nitrogen and oxygen atoms in total. The van der Waals surface area contributed by atoms with Crippen LogP contribution in [-0.2, 0) is 4.79 Å². The van der Waals surface area contributed by atoms with Crippen LogP contribution in [0.25, 0.3) is 0 Å². The number of alkyl halides is 3. The maximum atomic E-state index is 11.8. The first-order valence-corrected chi connectivity index (χ1v) is 6.42. The molecule has 0 radical (unpaired) electrons. The first kappa shape index (κ1) is 17.2. The Morgan fingerprint density at radius 1 is 1.22 bits per heavy atom. The van der Waals surface area contributed by atoms with Crippen molar-refractivity contribution in [3.8, 4) is 0 Å². The van der Waals surface area contributed by atoms with Crippen LogP contribution in [0.15, 0.2) is 0 Å². The second-order valence-corrected chi connectivity index (χ2v) is 4.54. The molecule has 0 aliphatic heterocycles. The van der Waals surface area contributed by atoms with Crippen molar-refractivity contribution in [2.75, 3.05) is 13.1 Å². The summed E-state index contributed by atoms with van der Waals surface area (Å²) in [6.45, 7) is 2.56. The Balaban J connectivity index is 3.55. The number of nitrogens with one attached hydrogen (secondary N) is 2. The SMILES string of the molecule is CCCCCCC(C)NC(=O)CNCC(F)(F)F. The molecule has 0 aromatic heterocycles. The van der Waals surface area contributed by atoms with Crippen LogP contribution in [0.1, 0.15) is 46.0 Å². The molecule has 0 saturated heterocycles. The first-order valence-electron chi connectivity index (χ1n) is 6.42. The third-order valence-electron chi connectivity index (χ3n) is 2.51. The highest BCUT2D eigenvalue weighted by Gasteiger charge is 2.26. The van der Waals surface area contributed by atoms with E-state index in [1.165, 1.54) is 6.42 Å². The minimum absolute atomic E-state index is 0.0158. The Labute approximate surface area is 107 Å². The summed E-state index contributed by atoms with van der Waals surface area (Å²) in [5.74, 6) is -0.387. The van der Waals surface area contributed by atoms with E-state index in [1.807, 2.05) is 6.92 Å².